The third-order valence-electron chi connectivity index (χ3n) is 2.77. The number of anilines is 1. The molecular formula is C14H23ClN2O. The van der Waals surface area contributed by atoms with Crippen molar-refractivity contribution in [2.75, 3.05) is 25.0 Å². The van der Waals surface area contributed by atoms with E-state index in [1.165, 1.54) is 0 Å². The van der Waals surface area contributed by atoms with Crippen LogP contribution in [0.5, 0.6) is 0 Å². The van der Waals surface area contributed by atoms with Crippen LogP contribution in [-0.4, -0.2) is 31.3 Å². The van der Waals surface area contributed by atoms with Crippen molar-refractivity contribution in [2.45, 2.75) is 32.9 Å². The molecule has 1 aromatic rings. The summed E-state index contributed by atoms with van der Waals surface area (Å²) in [5.41, 5.74) is 2.17. The van der Waals surface area contributed by atoms with Gasteiger partial charge in [-0.3, -0.25) is 0 Å². The molecule has 1 atom stereocenters. The molecule has 0 amide bonds. The minimum absolute atomic E-state index is 0.356. The molecule has 1 aromatic carbocycles. The predicted molar refractivity (Wildman–Crippen MR) is 78.4 cm³/mol. The number of aliphatic hydroxyl groups excluding tert-OH is 1. The number of benzene rings is 1. The fourth-order valence-electron chi connectivity index (χ4n) is 1.96. The monoisotopic (exact) mass is 270 g/mol. The van der Waals surface area contributed by atoms with Gasteiger partial charge in [0, 0.05) is 36.4 Å². The van der Waals surface area contributed by atoms with E-state index in [1.54, 1.807) is 6.92 Å². The van der Waals surface area contributed by atoms with E-state index < -0.39 is 0 Å². The molecular weight excluding hydrogens is 248 g/mol. The van der Waals surface area contributed by atoms with Gasteiger partial charge < -0.3 is 15.3 Å². The van der Waals surface area contributed by atoms with E-state index in [4.69, 9.17) is 11.6 Å². The number of hydrogen-bond donors (Lipinski definition) is 2. The van der Waals surface area contributed by atoms with Crippen molar-refractivity contribution >= 4 is 17.3 Å². The Balaban J connectivity index is 2.85. The molecule has 0 fully saturated rings. The second kappa shape index (κ2) is 7.62. The van der Waals surface area contributed by atoms with Crippen LogP contribution in [0.2, 0.25) is 5.02 Å². The minimum atomic E-state index is -0.356. The summed E-state index contributed by atoms with van der Waals surface area (Å²) in [6, 6.07) is 5.89. The van der Waals surface area contributed by atoms with E-state index in [0.29, 0.717) is 6.54 Å². The molecule has 0 aliphatic carbocycles. The lowest BCUT2D eigenvalue weighted by Crippen LogP contribution is -2.28. The number of rotatable bonds is 7. The van der Waals surface area contributed by atoms with Crippen molar-refractivity contribution in [1.82, 2.24) is 5.32 Å². The van der Waals surface area contributed by atoms with E-state index in [0.717, 1.165) is 35.8 Å². The highest BCUT2D eigenvalue weighted by atomic mass is 35.5. The fourth-order valence-corrected chi connectivity index (χ4v) is 2.20. The largest absolute Gasteiger partial charge is 0.392 e. The Kier molecular flexibility index (Phi) is 6.47. The number of likely N-dealkylation sites (N-methyl/N-ethyl adjacent to an activating group) is 1. The fraction of sp³-hybridized carbons (Fsp3) is 0.571. The molecule has 0 aliphatic heterocycles. The Hall–Kier alpha value is -0.770. The van der Waals surface area contributed by atoms with Gasteiger partial charge in [-0.05, 0) is 32.0 Å². The van der Waals surface area contributed by atoms with Gasteiger partial charge in [0.1, 0.15) is 0 Å². The van der Waals surface area contributed by atoms with Gasteiger partial charge in [-0.1, -0.05) is 24.6 Å². The first kappa shape index (κ1) is 15.3. The maximum absolute atomic E-state index is 9.47. The van der Waals surface area contributed by atoms with Gasteiger partial charge >= 0.3 is 0 Å². The SMILES string of the molecule is CCCNCc1c(Cl)cccc1N(C)CC(C)O. The van der Waals surface area contributed by atoms with Gasteiger partial charge in [-0.2, -0.15) is 0 Å². The summed E-state index contributed by atoms with van der Waals surface area (Å²) in [7, 11) is 1.97. The lowest BCUT2D eigenvalue weighted by atomic mass is 10.1. The smallest absolute Gasteiger partial charge is 0.0686 e. The molecule has 1 rings (SSSR count). The molecule has 0 aliphatic rings. The molecule has 0 saturated carbocycles. The number of halogens is 1. The summed E-state index contributed by atoms with van der Waals surface area (Å²) in [6.45, 7) is 6.26. The number of nitrogens with zero attached hydrogens (tertiary/aromatic N) is 1. The zero-order valence-corrected chi connectivity index (χ0v) is 12.2. The Morgan fingerprint density at radius 3 is 2.78 bits per heavy atom. The van der Waals surface area contributed by atoms with Crippen molar-refractivity contribution in [1.29, 1.82) is 0 Å². The van der Waals surface area contributed by atoms with Crippen LogP contribution in [-0.2, 0) is 6.54 Å². The topological polar surface area (TPSA) is 35.5 Å². The summed E-state index contributed by atoms with van der Waals surface area (Å²) < 4.78 is 0. The molecule has 18 heavy (non-hydrogen) atoms. The van der Waals surface area contributed by atoms with Crippen LogP contribution >= 0.6 is 11.6 Å². The number of nitrogens with one attached hydrogen (secondary N) is 1. The molecule has 0 heterocycles. The lowest BCUT2D eigenvalue weighted by molar-refractivity contribution is 0.201. The number of aliphatic hydroxyl groups is 1. The van der Waals surface area contributed by atoms with E-state index in [-0.39, 0.29) is 6.10 Å². The Morgan fingerprint density at radius 1 is 1.44 bits per heavy atom. The normalized spacial score (nSPS) is 12.5. The summed E-state index contributed by atoms with van der Waals surface area (Å²) in [5, 5.41) is 13.6. The maximum Gasteiger partial charge on any atom is 0.0686 e. The average Bonchev–Trinajstić information content (AvgIpc) is 2.30. The second-order valence-electron chi connectivity index (χ2n) is 4.64. The Labute approximate surface area is 115 Å². The first-order valence-electron chi connectivity index (χ1n) is 6.43. The maximum atomic E-state index is 9.47. The highest BCUT2D eigenvalue weighted by molar-refractivity contribution is 6.31. The summed E-state index contributed by atoms with van der Waals surface area (Å²) in [4.78, 5) is 2.04. The minimum Gasteiger partial charge on any atom is -0.392 e. The molecule has 0 radical (unpaired) electrons. The second-order valence-corrected chi connectivity index (χ2v) is 5.05. The van der Waals surface area contributed by atoms with Crippen LogP contribution in [0, 0.1) is 0 Å². The molecule has 1 unspecified atom stereocenters. The molecule has 0 saturated heterocycles. The van der Waals surface area contributed by atoms with Crippen molar-refractivity contribution < 1.29 is 5.11 Å². The van der Waals surface area contributed by atoms with Gasteiger partial charge in [-0.15, -0.1) is 0 Å². The standard InChI is InChI=1S/C14H23ClN2O/c1-4-8-16-9-12-13(15)6-5-7-14(12)17(3)10-11(2)18/h5-7,11,16,18H,4,8-10H2,1-3H3. The molecule has 102 valence electrons. The van der Waals surface area contributed by atoms with Crippen molar-refractivity contribution in [3.8, 4) is 0 Å². The molecule has 3 nitrogen and oxygen atoms in total. The van der Waals surface area contributed by atoms with E-state index in [1.807, 2.05) is 30.1 Å². The van der Waals surface area contributed by atoms with Crippen molar-refractivity contribution in [2.24, 2.45) is 0 Å². The molecule has 0 aromatic heterocycles. The Bertz CT molecular complexity index is 369. The summed E-state index contributed by atoms with van der Waals surface area (Å²) in [6.07, 6.45) is 0.744. The van der Waals surface area contributed by atoms with Gasteiger partial charge in [0.25, 0.3) is 0 Å². The highest BCUT2D eigenvalue weighted by Crippen LogP contribution is 2.26. The van der Waals surface area contributed by atoms with Crippen molar-refractivity contribution in [3.63, 3.8) is 0 Å². The molecule has 4 heteroatoms. The first-order chi connectivity index (χ1) is 8.56. The van der Waals surface area contributed by atoms with Crippen LogP contribution in [0.1, 0.15) is 25.8 Å². The molecule has 0 bridgehead atoms. The molecule has 0 spiro atoms. The zero-order valence-electron chi connectivity index (χ0n) is 11.4. The third kappa shape index (κ3) is 4.48. The Morgan fingerprint density at radius 2 is 2.17 bits per heavy atom. The molecule has 2 N–H and O–H groups in total. The number of hydrogen-bond acceptors (Lipinski definition) is 3. The van der Waals surface area contributed by atoms with Gasteiger partial charge in [0.05, 0.1) is 6.10 Å². The van der Waals surface area contributed by atoms with Crippen LogP contribution in [0.25, 0.3) is 0 Å². The average molecular weight is 271 g/mol. The van der Waals surface area contributed by atoms with Gasteiger partial charge in [-0.25, -0.2) is 0 Å². The lowest BCUT2D eigenvalue weighted by Gasteiger charge is -2.24. The van der Waals surface area contributed by atoms with E-state index in [9.17, 15) is 5.11 Å². The van der Waals surface area contributed by atoms with Crippen molar-refractivity contribution in [3.05, 3.63) is 28.8 Å². The van der Waals surface area contributed by atoms with E-state index in [2.05, 4.69) is 12.2 Å². The quantitative estimate of drug-likeness (QED) is 0.748. The van der Waals surface area contributed by atoms with Crippen LogP contribution < -0.4 is 10.2 Å². The van der Waals surface area contributed by atoms with Gasteiger partial charge in [0.2, 0.25) is 0 Å². The first-order valence-corrected chi connectivity index (χ1v) is 6.81. The predicted octanol–water partition coefficient (Wildman–Crippen LogP) is 2.66. The summed E-state index contributed by atoms with van der Waals surface area (Å²) >= 11 is 6.26. The van der Waals surface area contributed by atoms with E-state index >= 15 is 0 Å². The third-order valence-corrected chi connectivity index (χ3v) is 3.13. The van der Waals surface area contributed by atoms with Crippen LogP contribution in [0.3, 0.4) is 0 Å². The van der Waals surface area contributed by atoms with Crippen LogP contribution in [0.4, 0.5) is 5.69 Å². The van der Waals surface area contributed by atoms with Gasteiger partial charge in [0.15, 0.2) is 0 Å². The summed E-state index contributed by atoms with van der Waals surface area (Å²) in [5.74, 6) is 0. The zero-order chi connectivity index (χ0) is 13.5. The highest BCUT2D eigenvalue weighted by Gasteiger charge is 2.11. The van der Waals surface area contributed by atoms with Crippen LogP contribution in [0.15, 0.2) is 18.2 Å².